The average Bonchev–Trinajstić information content (AvgIpc) is 2.48. The van der Waals surface area contributed by atoms with E-state index in [0.717, 1.165) is 35.6 Å². The van der Waals surface area contributed by atoms with Crippen molar-refractivity contribution in [3.63, 3.8) is 0 Å². The molecule has 0 fully saturated rings. The van der Waals surface area contributed by atoms with E-state index in [-0.39, 0.29) is 0 Å². The van der Waals surface area contributed by atoms with Crippen LogP contribution >= 0.6 is 0 Å². The lowest BCUT2D eigenvalue weighted by Gasteiger charge is -2.11. The molecule has 0 heterocycles. The van der Waals surface area contributed by atoms with E-state index in [0.29, 0.717) is 18.9 Å². The number of hydrogen-bond donors (Lipinski definition) is 2. The number of hydrogen-bond acceptors (Lipinski definition) is 4. The SMILES string of the molecule is Cc1c(N)cccc1OCCCCOc1ccccc1N. The zero-order valence-electron chi connectivity index (χ0n) is 12.3. The van der Waals surface area contributed by atoms with Crippen molar-refractivity contribution in [3.8, 4) is 11.5 Å². The summed E-state index contributed by atoms with van der Waals surface area (Å²) in [7, 11) is 0. The van der Waals surface area contributed by atoms with E-state index in [1.165, 1.54) is 0 Å². The van der Waals surface area contributed by atoms with Crippen molar-refractivity contribution in [2.75, 3.05) is 24.7 Å². The summed E-state index contributed by atoms with van der Waals surface area (Å²) in [4.78, 5) is 0. The molecule has 0 atom stereocenters. The van der Waals surface area contributed by atoms with Crippen LogP contribution in [-0.2, 0) is 0 Å². The van der Waals surface area contributed by atoms with Gasteiger partial charge in [-0.3, -0.25) is 0 Å². The molecule has 4 N–H and O–H groups in total. The monoisotopic (exact) mass is 286 g/mol. The Morgan fingerprint density at radius 1 is 0.762 bits per heavy atom. The van der Waals surface area contributed by atoms with Crippen LogP contribution in [0.5, 0.6) is 11.5 Å². The zero-order chi connectivity index (χ0) is 15.1. The van der Waals surface area contributed by atoms with Gasteiger partial charge in [0.25, 0.3) is 0 Å². The second kappa shape index (κ2) is 7.43. The Kier molecular flexibility index (Phi) is 5.32. The fraction of sp³-hybridized carbons (Fsp3) is 0.294. The molecule has 0 aliphatic carbocycles. The van der Waals surface area contributed by atoms with Crippen LogP contribution in [0.15, 0.2) is 42.5 Å². The number of benzene rings is 2. The van der Waals surface area contributed by atoms with E-state index in [2.05, 4.69) is 0 Å². The van der Waals surface area contributed by atoms with Crippen LogP contribution in [0.2, 0.25) is 0 Å². The summed E-state index contributed by atoms with van der Waals surface area (Å²) in [6.07, 6.45) is 1.83. The Balaban J connectivity index is 1.67. The molecule has 0 aliphatic heterocycles. The highest BCUT2D eigenvalue weighted by atomic mass is 16.5. The lowest BCUT2D eigenvalue weighted by atomic mass is 10.2. The van der Waals surface area contributed by atoms with Crippen molar-refractivity contribution < 1.29 is 9.47 Å². The topological polar surface area (TPSA) is 70.5 Å². The molecule has 2 aromatic carbocycles. The molecule has 4 heteroatoms. The molecule has 0 saturated carbocycles. The van der Waals surface area contributed by atoms with E-state index >= 15 is 0 Å². The van der Waals surface area contributed by atoms with Crippen LogP contribution < -0.4 is 20.9 Å². The highest BCUT2D eigenvalue weighted by Crippen LogP contribution is 2.23. The van der Waals surface area contributed by atoms with Crippen LogP contribution in [0.4, 0.5) is 11.4 Å². The summed E-state index contributed by atoms with van der Waals surface area (Å²) >= 11 is 0. The largest absolute Gasteiger partial charge is 0.493 e. The molecule has 0 spiro atoms. The van der Waals surface area contributed by atoms with Crippen LogP contribution in [0.1, 0.15) is 18.4 Å². The van der Waals surface area contributed by atoms with Gasteiger partial charge >= 0.3 is 0 Å². The minimum atomic E-state index is 0.632. The van der Waals surface area contributed by atoms with E-state index in [4.69, 9.17) is 20.9 Å². The molecule has 0 aromatic heterocycles. The van der Waals surface area contributed by atoms with E-state index in [9.17, 15) is 0 Å². The number of para-hydroxylation sites is 2. The molecular weight excluding hydrogens is 264 g/mol. The van der Waals surface area contributed by atoms with Crippen molar-refractivity contribution in [1.82, 2.24) is 0 Å². The van der Waals surface area contributed by atoms with Gasteiger partial charge in [0, 0.05) is 11.3 Å². The quantitative estimate of drug-likeness (QED) is 0.604. The molecule has 2 rings (SSSR count). The number of nitrogens with two attached hydrogens (primary N) is 2. The predicted octanol–water partition coefficient (Wildman–Crippen LogP) is 3.40. The maximum atomic E-state index is 5.84. The normalized spacial score (nSPS) is 10.3. The smallest absolute Gasteiger partial charge is 0.142 e. The van der Waals surface area contributed by atoms with E-state index < -0.39 is 0 Å². The molecule has 0 radical (unpaired) electrons. The molecular formula is C17H22N2O2. The van der Waals surface area contributed by atoms with Crippen LogP contribution in [0.25, 0.3) is 0 Å². The number of rotatable bonds is 7. The van der Waals surface area contributed by atoms with E-state index in [1.807, 2.05) is 49.4 Å². The summed E-state index contributed by atoms with van der Waals surface area (Å²) in [6.45, 7) is 3.25. The van der Waals surface area contributed by atoms with Gasteiger partial charge in [0.2, 0.25) is 0 Å². The first-order valence-corrected chi connectivity index (χ1v) is 7.13. The third-order valence-electron chi connectivity index (χ3n) is 3.30. The first-order valence-electron chi connectivity index (χ1n) is 7.13. The standard InChI is InChI=1S/C17H22N2O2/c1-13-14(18)8-6-10-16(13)20-11-4-5-12-21-17-9-3-2-7-15(17)19/h2-3,6-10H,4-5,11-12,18-19H2,1H3. The Hall–Kier alpha value is -2.36. The average molecular weight is 286 g/mol. The molecule has 0 unspecified atom stereocenters. The van der Waals surface area contributed by atoms with Gasteiger partial charge in [-0.1, -0.05) is 18.2 Å². The van der Waals surface area contributed by atoms with Gasteiger partial charge in [-0.2, -0.15) is 0 Å². The van der Waals surface area contributed by atoms with Gasteiger partial charge in [0.1, 0.15) is 11.5 Å². The molecule has 112 valence electrons. The van der Waals surface area contributed by atoms with Crippen LogP contribution in [0, 0.1) is 6.92 Å². The van der Waals surface area contributed by atoms with Crippen molar-refractivity contribution >= 4 is 11.4 Å². The fourth-order valence-corrected chi connectivity index (χ4v) is 1.97. The highest BCUT2D eigenvalue weighted by Gasteiger charge is 2.02. The Morgan fingerprint density at radius 3 is 2.05 bits per heavy atom. The van der Waals surface area contributed by atoms with E-state index in [1.54, 1.807) is 0 Å². The Labute approximate surface area is 125 Å². The van der Waals surface area contributed by atoms with Crippen LogP contribution in [-0.4, -0.2) is 13.2 Å². The van der Waals surface area contributed by atoms with Gasteiger partial charge in [0.15, 0.2) is 0 Å². The van der Waals surface area contributed by atoms with Crippen LogP contribution in [0.3, 0.4) is 0 Å². The summed E-state index contributed by atoms with van der Waals surface area (Å²) in [6, 6.07) is 13.2. The lowest BCUT2D eigenvalue weighted by Crippen LogP contribution is -2.04. The first-order chi connectivity index (χ1) is 10.2. The molecule has 4 nitrogen and oxygen atoms in total. The molecule has 0 saturated heterocycles. The van der Waals surface area contributed by atoms with Gasteiger partial charge in [0.05, 0.1) is 18.9 Å². The van der Waals surface area contributed by atoms with Crippen molar-refractivity contribution in [2.45, 2.75) is 19.8 Å². The molecule has 0 aliphatic rings. The summed E-state index contributed by atoms with van der Waals surface area (Å²) in [5, 5.41) is 0. The van der Waals surface area contributed by atoms with Gasteiger partial charge in [-0.05, 0) is 44.0 Å². The zero-order valence-corrected chi connectivity index (χ0v) is 12.3. The number of unbranched alkanes of at least 4 members (excludes halogenated alkanes) is 1. The van der Waals surface area contributed by atoms with Gasteiger partial charge in [-0.25, -0.2) is 0 Å². The molecule has 2 aromatic rings. The van der Waals surface area contributed by atoms with Crippen molar-refractivity contribution in [3.05, 3.63) is 48.0 Å². The van der Waals surface area contributed by atoms with Crippen molar-refractivity contribution in [2.24, 2.45) is 0 Å². The Morgan fingerprint density at radius 2 is 1.33 bits per heavy atom. The fourth-order valence-electron chi connectivity index (χ4n) is 1.97. The Bertz CT molecular complexity index is 585. The third kappa shape index (κ3) is 4.31. The maximum Gasteiger partial charge on any atom is 0.142 e. The minimum Gasteiger partial charge on any atom is -0.493 e. The maximum absolute atomic E-state index is 5.84. The predicted molar refractivity (Wildman–Crippen MR) is 86.7 cm³/mol. The molecule has 21 heavy (non-hydrogen) atoms. The number of ether oxygens (including phenoxy) is 2. The van der Waals surface area contributed by atoms with Gasteiger partial charge in [-0.15, -0.1) is 0 Å². The minimum absolute atomic E-state index is 0.632. The second-order valence-electron chi connectivity index (χ2n) is 4.91. The summed E-state index contributed by atoms with van der Waals surface area (Å²) in [5.41, 5.74) is 14.1. The van der Waals surface area contributed by atoms with Gasteiger partial charge < -0.3 is 20.9 Å². The molecule has 0 bridgehead atoms. The number of nitrogen functional groups attached to an aromatic ring is 2. The summed E-state index contributed by atoms with van der Waals surface area (Å²) < 4.78 is 11.4. The summed E-state index contributed by atoms with van der Waals surface area (Å²) in [5.74, 6) is 1.59. The molecule has 0 amide bonds. The first kappa shape index (κ1) is 15.0. The second-order valence-corrected chi connectivity index (χ2v) is 4.91. The third-order valence-corrected chi connectivity index (χ3v) is 3.30. The lowest BCUT2D eigenvalue weighted by molar-refractivity contribution is 0.266. The highest BCUT2D eigenvalue weighted by molar-refractivity contribution is 5.53. The number of anilines is 2. The van der Waals surface area contributed by atoms with Crippen molar-refractivity contribution in [1.29, 1.82) is 0 Å².